The summed E-state index contributed by atoms with van der Waals surface area (Å²) >= 11 is 0. The van der Waals surface area contributed by atoms with Gasteiger partial charge >= 0.3 is 6.18 Å². The molecule has 0 saturated heterocycles. The molecule has 0 atom stereocenters. The van der Waals surface area contributed by atoms with E-state index in [9.17, 15) is 13.2 Å². The van der Waals surface area contributed by atoms with Crippen LogP contribution in [0.25, 0.3) is 16.9 Å². The van der Waals surface area contributed by atoms with Crippen molar-refractivity contribution in [3.8, 4) is 5.69 Å². The van der Waals surface area contributed by atoms with Crippen LogP contribution in [-0.2, 0) is 12.6 Å². The third-order valence-corrected chi connectivity index (χ3v) is 3.25. The lowest BCUT2D eigenvalue weighted by molar-refractivity contribution is -0.137. The van der Waals surface area contributed by atoms with Gasteiger partial charge in [0.1, 0.15) is 11.3 Å². The van der Waals surface area contributed by atoms with E-state index < -0.39 is 11.7 Å². The minimum Gasteiger partial charge on any atom is -0.396 e. The number of halogens is 3. The van der Waals surface area contributed by atoms with E-state index in [2.05, 4.69) is 9.97 Å². The van der Waals surface area contributed by atoms with Crippen molar-refractivity contribution in [2.75, 3.05) is 6.61 Å². The lowest BCUT2D eigenvalue weighted by Gasteiger charge is -2.11. The maximum atomic E-state index is 12.9. The van der Waals surface area contributed by atoms with Gasteiger partial charge < -0.3 is 5.11 Å². The molecule has 1 N–H and O–H groups in total. The van der Waals surface area contributed by atoms with Crippen molar-refractivity contribution in [1.29, 1.82) is 0 Å². The van der Waals surface area contributed by atoms with Gasteiger partial charge in [-0.25, -0.2) is 9.97 Å². The van der Waals surface area contributed by atoms with Gasteiger partial charge in [0.15, 0.2) is 5.65 Å². The predicted octanol–water partition coefficient (Wildman–Crippen LogP) is 2.97. The molecular formula is C15H12F3N3O. The quantitative estimate of drug-likeness (QED) is 0.809. The molecule has 3 aromatic rings. The Kier molecular flexibility index (Phi) is 3.58. The van der Waals surface area contributed by atoms with Crippen LogP contribution in [0.15, 0.2) is 42.6 Å². The summed E-state index contributed by atoms with van der Waals surface area (Å²) in [5.41, 5.74) is 0.617. The van der Waals surface area contributed by atoms with E-state index in [4.69, 9.17) is 5.11 Å². The molecule has 114 valence electrons. The number of aliphatic hydroxyl groups is 1. The van der Waals surface area contributed by atoms with Crippen LogP contribution in [0.5, 0.6) is 0 Å². The van der Waals surface area contributed by atoms with Crippen LogP contribution in [0.2, 0.25) is 0 Å². The van der Waals surface area contributed by atoms with E-state index >= 15 is 0 Å². The molecule has 0 spiro atoms. The van der Waals surface area contributed by atoms with E-state index in [1.165, 1.54) is 6.07 Å². The van der Waals surface area contributed by atoms with Gasteiger partial charge in [-0.15, -0.1) is 0 Å². The molecule has 0 saturated carbocycles. The SMILES string of the molecule is OCCc1nc2cccnc2n1-c1cccc(C(F)(F)F)c1. The third kappa shape index (κ3) is 2.55. The van der Waals surface area contributed by atoms with E-state index in [-0.39, 0.29) is 13.0 Å². The van der Waals surface area contributed by atoms with Crippen molar-refractivity contribution in [3.63, 3.8) is 0 Å². The molecule has 0 aliphatic rings. The van der Waals surface area contributed by atoms with Crippen LogP contribution in [-0.4, -0.2) is 26.2 Å². The fourth-order valence-corrected chi connectivity index (χ4v) is 2.32. The minimum atomic E-state index is -4.42. The zero-order valence-electron chi connectivity index (χ0n) is 11.4. The molecule has 0 fully saturated rings. The second-order valence-corrected chi connectivity index (χ2v) is 4.73. The van der Waals surface area contributed by atoms with Crippen molar-refractivity contribution < 1.29 is 18.3 Å². The number of imidazole rings is 1. The molecule has 4 nitrogen and oxygen atoms in total. The summed E-state index contributed by atoms with van der Waals surface area (Å²) < 4.78 is 40.2. The topological polar surface area (TPSA) is 50.9 Å². The highest BCUT2D eigenvalue weighted by Gasteiger charge is 2.30. The highest BCUT2D eigenvalue weighted by Crippen LogP contribution is 2.31. The number of alkyl halides is 3. The second kappa shape index (κ2) is 5.42. The number of aliphatic hydroxyl groups excluding tert-OH is 1. The van der Waals surface area contributed by atoms with E-state index in [1.807, 2.05) is 0 Å². The number of hydrogen-bond donors (Lipinski definition) is 1. The van der Waals surface area contributed by atoms with Crippen LogP contribution in [0.4, 0.5) is 13.2 Å². The molecule has 0 unspecified atom stereocenters. The number of nitrogens with zero attached hydrogens (tertiary/aromatic N) is 3. The second-order valence-electron chi connectivity index (χ2n) is 4.73. The van der Waals surface area contributed by atoms with Gasteiger partial charge in [0.25, 0.3) is 0 Å². The molecule has 2 heterocycles. The first-order valence-electron chi connectivity index (χ1n) is 6.61. The standard InChI is InChI=1S/C15H12F3N3O/c16-15(17,18)10-3-1-4-11(9-10)21-13(6-8-22)20-12-5-2-7-19-14(12)21/h1-5,7,9,22H,6,8H2. The Balaban J connectivity index is 2.23. The Labute approximate surface area is 123 Å². The minimum absolute atomic E-state index is 0.151. The highest BCUT2D eigenvalue weighted by atomic mass is 19.4. The fraction of sp³-hybridized carbons (Fsp3) is 0.200. The van der Waals surface area contributed by atoms with Gasteiger partial charge in [-0.1, -0.05) is 6.07 Å². The van der Waals surface area contributed by atoms with E-state index in [1.54, 1.807) is 29.0 Å². The Morgan fingerprint density at radius 2 is 1.95 bits per heavy atom. The van der Waals surface area contributed by atoms with Crippen LogP contribution in [0.3, 0.4) is 0 Å². The molecular weight excluding hydrogens is 295 g/mol. The fourth-order valence-electron chi connectivity index (χ4n) is 2.32. The summed E-state index contributed by atoms with van der Waals surface area (Å²) in [6, 6.07) is 8.40. The summed E-state index contributed by atoms with van der Waals surface area (Å²) in [5, 5.41) is 9.15. The first-order chi connectivity index (χ1) is 10.5. The first-order valence-corrected chi connectivity index (χ1v) is 6.61. The van der Waals surface area contributed by atoms with Crippen LogP contribution < -0.4 is 0 Å². The molecule has 0 amide bonds. The van der Waals surface area contributed by atoms with Gasteiger partial charge in [0.2, 0.25) is 0 Å². The molecule has 1 aromatic carbocycles. The van der Waals surface area contributed by atoms with Gasteiger partial charge in [0.05, 0.1) is 12.2 Å². The van der Waals surface area contributed by atoms with Crippen LogP contribution in [0.1, 0.15) is 11.4 Å². The largest absolute Gasteiger partial charge is 0.416 e. The summed E-state index contributed by atoms with van der Waals surface area (Å²) in [6.07, 6.45) is -2.64. The Morgan fingerprint density at radius 3 is 2.68 bits per heavy atom. The Bertz CT molecular complexity index is 811. The van der Waals surface area contributed by atoms with E-state index in [0.29, 0.717) is 22.7 Å². The summed E-state index contributed by atoms with van der Waals surface area (Å²) in [4.78, 5) is 8.52. The number of pyridine rings is 1. The first kappa shape index (κ1) is 14.5. The van der Waals surface area contributed by atoms with Crippen molar-refractivity contribution in [2.24, 2.45) is 0 Å². The molecule has 3 rings (SSSR count). The molecule has 0 aliphatic carbocycles. The highest BCUT2D eigenvalue weighted by molar-refractivity contribution is 5.73. The zero-order chi connectivity index (χ0) is 15.7. The molecule has 0 aliphatic heterocycles. The van der Waals surface area contributed by atoms with Gasteiger partial charge in [-0.05, 0) is 30.3 Å². The predicted molar refractivity (Wildman–Crippen MR) is 74.7 cm³/mol. The van der Waals surface area contributed by atoms with Crippen molar-refractivity contribution >= 4 is 11.2 Å². The lowest BCUT2D eigenvalue weighted by Crippen LogP contribution is -2.08. The maximum absolute atomic E-state index is 12.9. The van der Waals surface area contributed by atoms with E-state index in [0.717, 1.165) is 12.1 Å². The van der Waals surface area contributed by atoms with Crippen molar-refractivity contribution in [3.05, 3.63) is 54.0 Å². The Morgan fingerprint density at radius 1 is 1.14 bits per heavy atom. The van der Waals surface area contributed by atoms with Gasteiger partial charge in [-0.2, -0.15) is 13.2 Å². The van der Waals surface area contributed by atoms with Gasteiger partial charge in [-0.3, -0.25) is 4.57 Å². The molecule has 7 heteroatoms. The van der Waals surface area contributed by atoms with Crippen LogP contribution in [0, 0.1) is 0 Å². The number of benzene rings is 1. The van der Waals surface area contributed by atoms with Crippen molar-refractivity contribution in [1.82, 2.24) is 14.5 Å². The average molecular weight is 307 g/mol. The molecule has 0 bridgehead atoms. The number of fused-ring (bicyclic) bond motifs is 1. The summed E-state index contributed by atoms with van der Waals surface area (Å²) in [7, 11) is 0. The molecule has 2 aromatic heterocycles. The van der Waals surface area contributed by atoms with Gasteiger partial charge in [0, 0.05) is 18.3 Å². The zero-order valence-corrected chi connectivity index (χ0v) is 11.4. The maximum Gasteiger partial charge on any atom is 0.416 e. The number of rotatable bonds is 3. The summed E-state index contributed by atoms with van der Waals surface area (Å²) in [6.45, 7) is -0.151. The Hall–Kier alpha value is -2.41. The lowest BCUT2D eigenvalue weighted by atomic mass is 10.2. The molecule has 0 radical (unpaired) electrons. The third-order valence-electron chi connectivity index (χ3n) is 3.25. The summed E-state index contributed by atoms with van der Waals surface area (Å²) in [5.74, 6) is 0.468. The average Bonchev–Trinajstić information content (AvgIpc) is 2.85. The normalized spacial score (nSPS) is 12.0. The van der Waals surface area contributed by atoms with Crippen molar-refractivity contribution in [2.45, 2.75) is 12.6 Å². The smallest absolute Gasteiger partial charge is 0.396 e. The number of aromatic nitrogens is 3. The molecule has 22 heavy (non-hydrogen) atoms. The monoisotopic (exact) mass is 307 g/mol. The van der Waals surface area contributed by atoms with Crippen LogP contribution >= 0.6 is 0 Å². The number of hydrogen-bond acceptors (Lipinski definition) is 3.